The highest BCUT2D eigenvalue weighted by atomic mass is 32.2. The lowest BCUT2D eigenvalue weighted by atomic mass is 9.84. The fourth-order valence-electron chi connectivity index (χ4n) is 5.73. The molecule has 4 heterocycles. The Labute approximate surface area is 224 Å². The van der Waals surface area contributed by atoms with Gasteiger partial charge in [0.2, 0.25) is 15.9 Å². The molecular weight excluding hydrogens is 508 g/mol. The van der Waals surface area contributed by atoms with Gasteiger partial charge in [0.15, 0.2) is 5.82 Å². The summed E-state index contributed by atoms with van der Waals surface area (Å²) in [7, 11) is -2.36. The van der Waals surface area contributed by atoms with E-state index >= 15 is 0 Å². The Morgan fingerprint density at radius 1 is 1.24 bits per heavy atom. The second-order valence-corrected chi connectivity index (χ2v) is 13.1. The lowest BCUT2D eigenvalue weighted by Gasteiger charge is -2.43. The van der Waals surface area contributed by atoms with Crippen molar-refractivity contribution in [3.63, 3.8) is 0 Å². The van der Waals surface area contributed by atoms with Crippen LogP contribution in [-0.4, -0.2) is 93.9 Å². The van der Waals surface area contributed by atoms with Crippen molar-refractivity contribution in [2.45, 2.75) is 68.5 Å². The van der Waals surface area contributed by atoms with Crippen molar-refractivity contribution in [2.75, 3.05) is 32.8 Å². The largest absolute Gasteiger partial charge is 0.492 e. The van der Waals surface area contributed by atoms with E-state index in [1.807, 2.05) is 0 Å². The van der Waals surface area contributed by atoms with Crippen LogP contribution in [-0.2, 0) is 21.9 Å². The number of hydrogen-bond donors (Lipinski definition) is 2. The number of rotatable bonds is 4. The molecule has 2 fully saturated rings. The Balaban J connectivity index is 1.48. The van der Waals surface area contributed by atoms with Crippen LogP contribution in [0.5, 0.6) is 5.75 Å². The smallest absolute Gasteiger partial charge is 0.247 e. The third-order valence-electron chi connectivity index (χ3n) is 8.10. The number of benzene rings is 1. The zero-order chi connectivity index (χ0) is 27.1. The number of sulfonamides is 1. The summed E-state index contributed by atoms with van der Waals surface area (Å²) in [6.45, 7) is 7.29. The quantitative estimate of drug-likeness (QED) is 0.589. The zero-order valence-corrected chi connectivity index (χ0v) is 23.2. The van der Waals surface area contributed by atoms with E-state index in [0.717, 1.165) is 43.2 Å². The highest BCUT2D eigenvalue weighted by molar-refractivity contribution is 7.89. The summed E-state index contributed by atoms with van der Waals surface area (Å²) in [5, 5.41) is 17.8. The molecule has 2 atom stereocenters. The summed E-state index contributed by atoms with van der Waals surface area (Å²) in [5.74, 6) is 1.08. The standard InChI is InChI=1S/C26H38N6O5S/c1-18(2)6-10-31-11-7-26(8-12-31)9-13-37-22-14-19(24-27-17-28-30(24)3)4-5-23(22)38(35,36)32-16-20(33)15-21(32)25(34)29-26/h4-5,14,17-18,20-21,33H,6-13,15-16H2,1-3H3,(H,29,34)/t20-,21+/m1/s1. The third kappa shape index (κ3) is 5.31. The molecule has 2 N–H and O–H groups in total. The summed E-state index contributed by atoms with van der Waals surface area (Å²) in [5.41, 5.74) is 0.175. The lowest BCUT2D eigenvalue weighted by molar-refractivity contribution is -0.127. The number of aromatic nitrogens is 3. The third-order valence-corrected chi connectivity index (χ3v) is 10.0. The molecule has 11 nitrogen and oxygen atoms in total. The van der Waals surface area contributed by atoms with Gasteiger partial charge in [0.25, 0.3) is 0 Å². The van der Waals surface area contributed by atoms with E-state index in [9.17, 15) is 18.3 Å². The molecule has 12 heteroatoms. The van der Waals surface area contributed by atoms with Crippen molar-refractivity contribution >= 4 is 15.9 Å². The molecule has 1 aromatic carbocycles. The van der Waals surface area contributed by atoms with Crippen molar-refractivity contribution in [3.8, 4) is 17.1 Å². The van der Waals surface area contributed by atoms with Gasteiger partial charge in [-0.05, 0) is 49.9 Å². The number of ether oxygens (including phenoxy) is 1. The monoisotopic (exact) mass is 546 g/mol. The normalized spacial score (nSPS) is 25.9. The van der Waals surface area contributed by atoms with Crippen LogP contribution in [0, 0.1) is 5.92 Å². The molecule has 0 saturated carbocycles. The van der Waals surface area contributed by atoms with Gasteiger partial charge in [0.1, 0.15) is 23.0 Å². The number of likely N-dealkylation sites (tertiary alicyclic amines) is 1. The minimum Gasteiger partial charge on any atom is -0.492 e. The van der Waals surface area contributed by atoms with Crippen LogP contribution in [0.4, 0.5) is 0 Å². The lowest BCUT2D eigenvalue weighted by Crippen LogP contribution is -2.59. The Morgan fingerprint density at radius 2 is 2.00 bits per heavy atom. The number of aliphatic hydroxyl groups is 1. The van der Waals surface area contributed by atoms with E-state index in [1.165, 1.54) is 12.4 Å². The Hall–Kier alpha value is -2.54. The van der Waals surface area contributed by atoms with Gasteiger partial charge in [0.05, 0.1) is 12.7 Å². The maximum absolute atomic E-state index is 13.8. The number of amides is 1. The molecule has 1 spiro atoms. The second-order valence-electron chi connectivity index (χ2n) is 11.2. The maximum Gasteiger partial charge on any atom is 0.247 e. The predicted octanol–water partition coefficient (Wildman–Crippen LogP) is 1.39. The molecule has 2 aromatic rings. The zero-order valence-electron chi connectivity index (χ0n) is 22.3. The number of carbonyl (C=O) groups is 1. The van der Waals surface area contributed by atoms with Crippen molar-refractivity contribution < 1.29 is 23.1 Å². The summed E-state index contributed by atoms with van der Waals surface area (Å²) < 4.78 is 36.6. The predicted molar refractivity (Wildman–Crippen MR) is 141 cm³/mol. The number of aliphatic hydroxyl groups excluding tert-OH is 1. The maximum atomic E-state index is 13.8. The number of nitrogens with one attached hydrogen (secondary N) is 1. The van der Waals surface area contributed by atoms with Gasteiger partial charge in [-0.25, -0.2) is 18.1 Å². The van der Waals surface area contributed by atoms with Crippen molar-refractivity contribution in [1.82, 2.24) is 29.3 Å². The minimum absolute atomic E-state index is 0.0187. The number of carbonyl (C=O) groups excluding carboxylic acids is 1. The molecule has 208 valence electrons. The number of fused-ring (bicyclic) bond motifs is 2. The van der Waals surface area contributed by atoms with E-state index in [2.05, 4.69) is 34.1 Å². The SMILES string of the molecule is CC(C)CCN1CCC2(CCOc3cc(-c4ncnn4C)ccc3S(=O)(=O)N3C[C@H](O)C[C@H]3C(=O)N2)CC1. The number of hydrogen-bond acceptors (Lipinski definition) is 8. The van der Waals surface area contributed by atoms with Crippen molar-refractivity contribution in [2.24, 2.45) is 13.0 Å². The van der Waals surface area contributed by atoms with Crippen LogP contribution >= 0.6 is 0 Å². The molecule has 1 amide bonds. The number of nitrogens with zero attached hydrogens (tertiary/aromatic N) is 5. The number of piperidine rings is 1. The molecule has 2 saturated heterocycles. The van der Waals surface area contributed by atoms with Gasteiger partial charge in [-0.15, -0.1) is 0 Å². The van der Waals surface area contributed by atoms with Crippen LogP contribution < -0.4 is 10.1 Å². The average Bonchev–Trinajstić information content (AvgIpc) is 3.49. The van der Waals surface area contributed by atoms with Crippen LogP contribution in [0.15, 0.2) is 29.4 Å². The fourth-order valence-corrected chi connectivity index (χ4v) is 7.48. The molecule has 3 aliphatic rings. The molecule has 0 unspecified atom stereocenters. The van der Waals surface area contributed by atoms with Gasteiger partial charge >= 0.3 is 0 Å². The Bertz CT molecular complexity index is 1270. The topological polar surface area (TPSA) is 130 Å². The first-order valence-corrected chi connectivity index (χ1v) is 14.9. The van der Waals surface area contributed by atoms with Crippen molar-refractivity contribution in [3.05, 3.63) is 24.5 Å². The van der Waals surface area contributed by atoms with Gasteiger partial charge in [0, 0.05) is 50.6 Å². The van der Waals surface area contributed by atoms with Gasteiger partial charge < -0.3 is 20.1 Å². The summed E-state index contributed by atoms with van der Waals surface area (Å²) >= 11 is 0. The molecular formula is C26H38N6O5S. The number of aryl methyl sites for hydroxylation is 1. The first-order chi connectivity index (χ1) is 18.1. The van der Waals surface area contributed by atoms with Gasteiger partial charge in [-0.2, -0.15) is 9.40 Å². The van der Waals surface area contributed by atoms with E-state index in [-0.39, 0.29) is 36.1 Å². The molecule has 0 bridgehead atoms. The highest BCUT2D eigenvalue weighted by Crippen LogP contribution is 2.37. The van der Waals surface area contributed by atoms with Crippen LogP contribution in [0.3, 0.4) is 0 Å². The van der Waals surface area contributed by atoms with Crippen LogP contribution in [0.25, 0.3) is 11.4 Å². The highest BCUT2D eigenvalue weighted by Gasteiger charge is 2.47. The molecule has 0 radical (unpaired) electrons. The van der Waals surface area contributed by atoms with E-state index in [4.69, 9.17) is 4.74 Å². The molecule has 0 aliphatic carbocycles. The Kier molecular flexibility index (Phi) is 7.51. The van der Waals surface area contributed by atoms with Crippen LogP contribution in [0.1, 0.15) is 46.0 Å². The first-order valence-electron chi connectivity index (χ1n) is 13.4. The van der Waals surface area contributed by atoms with E-state index < -0.39 is 27.7 Å². The first kappa shape index (κ1) is 27.0. The summed E-state index contributed by atoms with van der Waals surface area (Å²) in [6, 6.07) is 3.86. The minimum atomic E-state index is -4.13. The molecule has 3 aliphatic heterocycles. The molecule has 1 aromatic heterocycles. The fraction of sp³-hybridized carbons (Fsp3) is 0.654. The van der Waals surface area contributed by atoms with Crippen LogP contribution in [0.2, 0.25) is 0 Å². The van der Waals surface area contributed by atoms with Crippen molar-refractivity contribution in [1.29, 1.82) is 0 Å². The Morgan fingerprint density at radius 3 is 2.68 bits per heavy atom. The summed E-state index contributed by atoms with van der Waals surface area (Å²) in [6.07, 6.45) is 3.78. The summed E-state index contributed by atoms with van der Waals surface area (Å²) in [4.78, 5) is 20.3. The average molecular weight is 547 g/mol. The van der Waals surface area contributed by atoms with Gasteiger partial charge in [-0.1, -0.05) is 13.8 Å². The van der Waals surface area contributed by atoms with E-state index in [0.29, 0.717) is 23.7 Å². The molecule has 38 heavy (non-hydrogen) atoms. The molecule has 5 rings (SSSR count). The van der Waals surface area contributed by atoms with Gasteiger partial charge in [-0.3, -0.25) is 4.79 Å². The van der Waals surface area contributed by atoms with E-state index in [1.54, 1.807) is 23.9 Å². The second kappa shape index (κ2) is 10.6.